The van der Waals surface area contributed by atoms with E-state index in [9.17, 15) is 13.6 Å². The third-order valence-corrected chi connectivity index (χ3v) is 8.26. The van der Waals surface area contributed by atoms with Gasteiger partial charge in [0.1, 0.15) is 11.6 Å². The van der Waals surface area contributed by atoms with E-state index in [0.717, 1.165) is 48.8 Å². The average Bonchev–Trinajstić information content (AvgIpc) is 3.36. The van der Waals surface area contributed by atoms with Gasteiger partial charge >= 0.3 is 0 Å². The fraction of sp³-hybridized carbons (Fsp3) is 0.500. The molecule has 0 atom stereocenters. The normalized spacial score (nSPS) is 18.9. The van der Waals surface area contributed by atoms with E-state index in [1.807, 2.05) is 6.92 Å². The van der Waals surface area contributed by atoms with E-state index in [2.05, 4.69) is 15.1 Å². The second kappa shape index (κ2) is 10.7. The van der Waals surface area contributed by atoms with Crippen LogP contribution >= 0.6 is 0 Å². The summed E-state index contributed by atoms with van der Waals surface area (Å²) in [6.07, 6.45) is 9.26. The van der Waals surface area contributed by atoms with Gasteiger partial charge in [0.2, 0.25) is 0 Å². The molecular weight excluding hydrogens is 456 g/mol. The lowest BCUT2D eigenvalue weighted by molar-refractivity contribution is 0.102. The molecule has 1 heterocycles. The van der Waals surface area contributed by atoms with Gasteiger partial charge in [-0.05, 0) is 87.3 Å². The number of benzene rings is 2. The zero-order valence-electron chi connectivity index (χ0n) is 21.5. The number of anilines is 1. The molecular formula is C30H37F2N3O. The molecule has 2 aliphatic carbocycles. The number of carbonyl (C=O) groups is 1. The Kier molecular flexibility index (Phi) is 7.42. The van der Waals surface area contributed by atoms with Gasteiger partial charge in [0.05, 0.1) is 5.56 Å². The van der Waals surface area contributed by atoms with Gasteiger partial charge in [-0.1, -0.05) is 30.0 Å². The summed E-state index contributed by atoms with van der Waals surface area (Å²) in [7, 11) is 0. The summed E-state index contributed by atoms with van der Waals surface area (Å²) in [6, 6.07) is 7.30. The van der Waals surface area contributed by atoms with Gasteiger partial charge in [0.25, 0.3) is 5.91 Å². The van der Waals surface area contributed by atoms with E-state index in [-0.39, 0.29) is 5.56 Å². The first kappa shape index (κ1) is 24.9. The van der Waals surface area contributed by atoms with Gasteiger partial charge in [0.15, 0.2) is 0 Å². The van der Waals surface area contributed by atoms with Crippen LogP contribution in [0.5, 0.6) is 0 Å². The van der Waals surface area contributed by atoms with Crippen LogP contribution in [0.1, 0.15) is 72.0 Å². The van der Waals surface area contributed by atoms with Gasteiger partial charge in [-0.2, -0.15) is 0 Å². The Bertz CT molecular complexity index is 1160. The second-order valence-electron chi connectivity index (χ2n) is 10.8. The minimum atomic E-state index is -0.584. The van der Waals surface area contributed by atoms with Crippen molar-refractivity contribution in [3.8, 4) is 0 Å². The van der Waals surface area contributed by atoms with E-state index in [4.69, 9.17) is 0 Å². The van der Waals surface area contributed by atoms with Gasteiger partial charge in [-0.25, -0.2) is 8.78 Å². The van der Waals surface area contributed by atoms with E-state index < -0.39 is 17.5 Å². The largest absolute Gasteiger partial charge is 0.372 e. The molecule has 0 aromatic heterocycles. The van der Waals surface area contributed by atoms with Crippen molar-refractivity contribution >= 4 is 11.6 Å². The molecule has 2 saturated carbocycles. The highest BCUT2D eigenvalue weighted by atomic mass is 19.1. The maximum Gasteiger partial charge on any atom is 0.258 e. The van der Waals surface area contributed by atoms with Crippen LogP contribution in [0.2, 0.25) is 0 Å². The number of piperazine rings is 1. The summed E-state index contributed by atoms with van der Waals surface area (Å²) in [5.41, 5.74) is 6.19. The number of nitrogens with zero attached hydrogens (tertiary/aromatic N) is 2. The fourth-order valence-corrected chi connectivity index (χ4v) is 6.00. The molecule has 1 saturated heterocycles. The monoisotopic (exact) mass is 493 g/mol. The lowest BCUT2D eigenvalue weighted by Crippen LogP contribution is -2.46. The molecule has 0 spiro atoms. The lowest BCUT2D eigenvalue weighted by atomic mass is 9.85. The van der Waals surface area contributed by atoms with Crippen molar-refractivity contribution in [1.82, 2.24) is 9.80 Å². The molecule has 4 nitrogen and oxygen atoms in total. The number of carbonyl (C=O) groups excluding carboxylic acids is 1. The zero-order chi connectivity index (χ0) is 25.2. The summed E-state index contributed by atoms with van der Waals surface area (Å²) in [5, 5.41) is 2.74. The predicted octanol–water partition coefficient (Wildman–Crippen LogP) is 6.58. The number of nitrogens with one attached hydrogen (secondary N) is 1. The number of hydrogen-bond acceptors (Lipinski definition) is 3. The molecule has 6 heteroatoms. The highest BCUT2D eigenvalue weighted by Crippen LogP contribution is 2.40. The van der Waals surface area contributed by atoms with E-state index in [1.165, 1.54) is 63.1 Å². The van der Waals surface area contributed by atoms with Crippen molar-refractivity contribution in [2.24, 2.45) is 5.92 Å². The van der Waals surface area contributed by atoms with Crippen molar-refractivity contribution in [3.05, 3.63) is 75.5 Å². The van der Waals surface area contributed by atoms with Gasteiger partial charge in [0, 0.05) is 44.1 Å². The number of aryl methyl sites for hydroxylation is 1. The van der Waals surface area contributed by atoms with Gasteiger partial charge in [-0.15, -0.1) is 0 Å². The molecule has 3 fully saturated rings. The second-order valence-corrected chi connectivity index (χ2v) is 10.8. The SMILES string of the molecule is Cc1ccc(F)c(C(=O)Nc2cc(F)cc(CN3CCN(C(=C4CCC4)C4CCCC4)CC3)c2C)c1. The topological polar surface area (TPSA) is 35.6 Å². The Labute approximate surface area is 213 Å². The molecule has 192 valence electrons. The Morgan fingerprint density at radius 3 is 2.36 bits per heavy atom. The molecule has 1 amide bonds. The fourth-order valence-electron chi connectivity index (χ4n) is 6.00. The number of rotatable bonds is 6. The van der Waals surface area contributed by atoms with Crippen LogP contribution in [0, 0.1) is 31.4 Å². The average molecular weight is 494 g/mol. The lowest BCUT2D eigenvalue weighted by Gasteiger charge is -2.42. The molecule has 0 radical (unpaired) electrons. The van der Waals surface area contributed by atoms with Crippen LogP contribution in [-0.4, -0.2) is 41.9 Å². The molecule has 1 N–H and O–H groups in total. The van der Waals surface area contributed by atoms with Crippen molar-refractivity contribution in [2.75, 3.05) is 31.5 Å². The van der Waals surface area contributed by atoms with Crippen LogP contribution in [-0.2, 0) is 6.54 Å². The van der Waals surface area contributed by atoms with Crippen LogP contribution < -0.4 is 5.32 Å². The van der Waals surface area contributed by atoms with Crippen molar-refractivity contribution in [1.29, 1.82) is 0 Å². The van der Waals surface area contributed by atoms with Crippen LogP contribution in [0.25, 0.3) is 0 Å². The Balaban J connectivity index is 1.26. The highest BCUT2D eigenvalue weighted by molar-refractivity contribution is 6.05. The maximum absolute atomic E-state index is 14.6. The summed E-state index contributed by atoms with van der Waals surface area (Å²) in [4.78, 5) is 17.8. The Morgan fingerprint density at radius 2 is 1.69 bits per heavy atom. The molecule has 36 heavy (non-hydrogen) atoms. The third kappa shape index (κ3) is 5.34. The summed E-state index contributed by atoms with van der Waals surface area (Å²) in [6.45, 7) is 8.24. The first-order valence-corrected chi connectivity index (χ1v) is 13.4. The van der Waals surface area contributed by atoms with Gasteiger partial charge in [-0.3, -0.25) is 9.69 Å². The van der Waals surface area contributed by atoms with Gasteiger partial charge < -0.3 is 10.2 Å². The van der Waals surface area contributed by atoms with Crippen molar-refractivity contribution in [2.45, 2.75) is 65.3 Å². The quantitative estimate of drug-likeness (QED) is 0.494. The predicted molar refractivity (Wildman–Crippen MR) is 140 cm³/mol. The van der Waals surface area contributed by atoms with Crippen LogP contribution in [0.15, 0.2) is 41.6 Å². The van der Waals surface area contributed by atoms with E-state index in [1.54, 1.807) is 30.3 Å². The molecule has 2 aromatic carbocycles. The number of hydrogen-bond donors (Lipinski definition) is 1. The van der Waals surface area contributed by atoms with Crippen LogP contribution in [0.4, 0.5) is 14.5 Å². The molecule has 0 unspecified atom stereocenters. The zero-order valence-corrected chi connectivity index (χ0v) is 21.5. The minimum absolute atomic E-state index is 0.0324. The summed E-state index contributed by atoms with van der Waals surface area (Å²) < 4.78 is 28.8. The summed E-state index contributed by atoms with van der Waals surface area (Å²) in [5.74, 6) is -0.791. The van der Waals surface area contributed by atoms with Crippen LogP contribution in [0.3, 0.4) is 0 Å². The molecule has 0 bridgehead atoms. The van der Waals surface area contributed by atoms with E-state index in [0.29, 0.717) is 12.2 Å². The number of amides is 1. The number of allylic oxidation sites excluding steroid dienone is 2. The maximum atomic E-state index is 14.6. The molecule has 3 aliphatic rings. The first-order valence-electron chi connectivity index (χ1n) is 13.4. The Morgan fingerprint density at radius 1 is 0.972 bits per heavy atom. The third-order valence-electron chi connectivity index (χ3n) is 8.26. The van der Waals surface area contributed by atoms with E-state index >= 15 is 0 Å². The molecule has 2 aromatic rings. The number of halogens is 2. The Hall–Kier alpha value is -2.73. The van der Waals surface area contributed by atoms with Crippen molar-refractivity contribution < 1.29 is 13.6 Å². The highest BCUT2D eigenvalue weighted by Gasteiger charge is 2.30. The standard InChI is InChI=1S/C30H37F2N3O/c1-20-10-11-27(32)26(16-20)30(36)33-28-18-25(31)17-24(21(28)2)19-34-12-14-35(15-13-34)29(23-8-5-9-23)22-6-3-4-7-22/h10-11,16-18,22H,3-9,12-15,19H2,1-2H3,(H,33,36). The first-order chi connectivity index (χ1) is 17.4. The summed E-state index contributed by atoms with van der Waals surface area (Å²) >= 11 is 0. The molecule has 5 rings (SSSR count). The minimum Gasteiger partial charge on any atom is -0.372 e. The molecule has 1 aliphatic heterocycles. The smallest absolute Gasteiger partial charge is 0.258 e. The van der Waals surface area contributed by atoms with Crippen molar-refractivity contribution in [3.63, 3.8) is 0 Å².